The van der Waals surface area contributed by atoms with Crippen LogP contribution in [0, 0.1) is 5.92 Å². The Bertz CT molecular complexity index is 956. The number of aromatic amines is 1. The van der Waals surface area contributed by atoms with Gasteiger partial charge in [0, 0.05) is 23.5 Å². The monoisotopic (exact) mass is 432 g/mol. The van der Waals surface area contributed by atoms with Crippen LogP contribution < -0.4 is 16.4 Å². The fourth-order valence-electron chi connectivity index (χ4n) is 3.16. The Morgan fingerprint density at radius 2 is 1.71 bits per heavy atom. The number of nitrogens with one attached hydrogen (secondary N) is 3. The van der Waals surface area contributed by atoms with E-state index in [0.717, 1.165) is 16.5 Å². The number of para-hydroxylation sites is 1. The number of carbonyl (C=O) groups excluding carboxylic acids is 2. The molecule has 1 aromatic carbocycles. The van der Waals surface area contributed by atoms with Crippen LogP contribution in [0.3, 0.4) is 0 Å². The lowest BCUT2D eigenvalue weighted by molar-refractivity contribution is -0.147. The molecule has 0 saturated carbocycles. The van der Waals surface area contributed by atoms with Crippen LogP contribution in [0.25, 0.3) is 10.9 Å². The van der Waals surface area contributed by atoms with Gasteiger partial charge in [-0.2, -0.15) is 0 Å². The Hall–Kier alpha value is -3.40. The summed E-state index contributed by atoms with van der Waals surface area (Å²) >= 11 is 0. The van der Waals surface area contributed by atoms with E-state index >= 15 is 0 Å². The second-order valence-electron chi connectivity index (χ2n) is 7.53. The Morgan fingerprint density at radius 3 is 2.32 bits per heavy atom. The lowest BCUT2D eigenvalue weighted by Crippen LogP contribution is -2.56. The molecule has 0 aliphatic carbocycles. The van der Waals surface area contributed by atoms with Crippen LogP contribution >= 0.6 is 0 Å². The van der Waals surface area contributed by atoms with E-state index in [4.69, 9.17) is 10.8 Å². The highest BCUT2D eigenvalue weighted by Crippen LogP contribution is 2.19. The first-order valence-electron chi connectivity index (χ1n) is 9.99. The number of carboxylic acids is 2. The third kappa shape index (κ3) is 6.29. The van der Waals surface area contributed by atoms with Crippen LogP contribution in [0.4, 0.5) is 0 Å². The fourth-order valence-corrected chi connectivity index (χ4v) is 3.16. The molecule has 7 N–H and O–H groups in total. The van der Waals surface area contributed by atoms with Crippen LogP contribution in [0.2, 0.25) is 0 Å². The summed E-state index contributed by atoms with van der Waals surface area (Å²) in [6.07, 6.45) is 1.64. The maximum Gasteiger partial charge on any atom is 0.326 e. The number of carboxylic acid groups (broad SMARTS) is 2. The van der Waals surface area contributed by atoms with Gasteiger partial charge in [0.2, 0.25) is 11.8 Å². The molecular formula is C21H28N4O6. The molecule has 0 unspecified atom stereocenters. The Labute approximate surface area is 179 Å². The smallest absolute Gasteiger partial charge is 0.326 e. The number of aliphatic carboxylic acids is 2. The SMILES string of the molecule is CC[C@H](C)[C@H](N)C(=O)N[C@@H](Cc1c[nH]c2ccccc12)C(=O)N[C@@H](CC(=O)O)C(=O)O. The summed E-state index contributed by atoms with van der Waals surface area (Å²) in [7, 11) is 0. The van der Waals surface area contributed by atoms with Crippen molar-refractivity contribution in [2.45, 2.75) is 51.2 Å². The van der Waals surface area contributed by atoms with Crippen LogP contribution in [0.15, 0.2) is 30.5 Å². The number of aromatic nitrogens is 1. The van der Waals surface area contributed by atoms with Gasteiger partial charge >= 0.3 is 11.9 Å². The molecule has 10 nitrogen and oxygen atoms in total. The molecule has 2 amide bonds. The summed E-state index contributed by atoms with van der Waals surface area (Å²) in [5.74, 6) is -4.33. The molecule has 4 atom stereocenters. The molecule has 1 heterocycles. The number of hydrogen-bond acceptors (Lipinski definition) is 5. The molecule has 10 heteroatoms. The van der Waals surface area contributed by atoms with E-state index in [2.05, 4.69) is 15.6 Å². The predicted octanol–water partition coefficient (Wildman–Crippen LogP) is 0.613. The molecule has 0 bridgehead atoms. The highest BCUT2D eigenvalue weighted by Gasteiger charge is 2.30. The quantitative estimate of drug-likeness (QED) is 0.301. The lowest BCUT2D eigenvalue weighted by Gasteiger charge is -2.24. The number of nitrogens with two attached hydrogens (primary N) is 1. The van der Waals surface area contributed by atoms with Gasteiger partial charge in [0.1, 0.15) is 12.1 Å². The van der Waals surface area contributed by atoms with Gasteiger partial charge in [-0.15, -0.1) is 0 Å². The van der Waals surface area contributed by atoms with Gasteiger partial charge in [0.05, 0.1) is 12.5 Å². The van der Waals surface area contributed by atoms with E-state index in [1.54, 1.807) is 6.20 Å². The summed E-state index contributed by atoms with van der Waals surface area (Å²) in [5, 5.41) is 23.8. The predicted molar refractivity (Wildman–Crippen MR) is 113 cm³/mol. The molecule has 168 valence electrons. The van der Waals surface area contributed by atoms with E-state index in [-0.39, 0.29) is 12.3 Å². The summed E-state index contributed by atoms with van der Waals surface area (Å²) in [6.45, 7) is 3.70. The van der Waals surface area contributed by atoms with E-state index in [1.165, 1.54) is 0 Å². The first-order chi connectivity index (χ1) is 14.6. The number of hydrogen-bond donors (Lipinski definition) is 6. The van der Waals surface area contributed by atoms with Gasteiger partial charge in [-0.1, -0.05) is 38.5 Å². The molecule has 2 rings (SSSR count). The zero-order valence-electron chi connectivity index (χ0n) is 17.4. The second kappa shape index (κ2) is 10.6. The van der Waals surface area contributed by atoms with Crippen molar-refractivity contribution in [3.05, 3.63) is 36.0 Å². The zero-order chi connectivity index (χ0) is 23.1. The Morgan fingerprint density at radius 1 is 1.06 bits per heavy atom. The van der Waals surface area contributed by atoms with Crippen LogP contribution in [-0.4, -0.2) is 57.1 Å². The summed E-state index contributed by atoms with van der Waals surface area (Å²) < 4.78 is 0. The van der Waals surface area contributed by atoms with Gasteiger partial charge in [-0.25, -0.2) is 4.79 Å². The first-order valence-corrected chi connectivity index (χ1v) is 9.99. The van der Waals surface area contributed by atoms with E-state index in [0.29, 0.717) is 6.42 Å². The molecule has 2 aromatic rings. The van der Waals surface area contributed by atoms with Crippen molar-refractivity contribution in [3.8, 4) is 0 Å². The van der Waals surface area contributed by atoms with Gasteiger partial charge in [-0.05, 0) is 17.5 Å². The summed E-state index contributed by atoms with van der Waals surface area (Å²) in [6, 6.07) is 3.78. The number of rotatable bonds is 11. The molecule has 0 aliphatic rings. The van der Waals surface area contributed by atoms with Gasteiger partial charge in [-0.3, -0.25) is 14.4 Å². The fraction of sp³-hybridized carbons (Fsp3) is 0.429. The third-order valence-corrected chi connectivity index (χ3v) is 5.29. The molecule has 0 saturated heterocycles. The maximum atomic E-state index is 12.9. The van der Waals surface area contributed by atoms with Crippen molar-refractivity contribution in [2.75, 3.05) is 0 Å². The Balaban J connectivity index is 2.27. The van der Waals surface area contributed by atoms with Crippen LogP contribution in [-0.2, 0) is 25.6 Å². The van der Waals surface area contributed by atoms with Crippen molar-refractivity contribution in [3.63, 3.8) is 0 Å². The maximum absolute atomic E-state index is 12.9. The van der Waals surface area contributed by atoms with Gasteiger partial charge in [0.25, 0.3) is 0 Å². The zero-order valence-corrected chi connectivity index (χ0v) is 17.4. The molecule has 0 aliphatic heterocycles. The highest BCUT2D eigenvalue weighted by molar-refractivity contribution is 5.93. The molecule has 0 spiro atoms. The Kier molecular flexibility index (Phi) is 8.14. The molecule has 0 radical (unpaired) electrons. The minimum Gasteiger partial charge on any atom is -0.481 e. The number of fused-ring (bicyclic) bond motifs is 1. The van der Waals surface area contributed by atoms with Gasteiger partial charge in [0.15, 0.2) is 0 Å². The average Bonchev–Trinajstić information content (AvgIpc) is 3.13. The summed E-state index contributed by atoms with van der Waals surface area (Å²) in [5.41, 5.74) is 7.55. The average molecular weight is 432 g/mol. The summed E-state index contributed by atoms with van der Waals surface area (Å²) in [4.78, 5) is 50.9. The highest BCUT2D eigenvalue weighted by atomic mass is 16.4. The molecule has 1 aromatic heterocycles. The van der Waals surface area contributed by atoms with Gasteiger partial charge < -0.3 is 31.6 Å². The van der Waals surface area contributed by atoms with Crippen LogP contribution in [0.1, 0.15) is 32.3 Å². The van der Waals surface area contributed by atoms with Crippen LogP contribution in [0.5, 0.6) is 0 Å². The molecule has 31 heavy (non-hydrogen) atoms. The number of H-pyrrole nitrogens is 1. The lowest BCUT2D eigenvalue weighted by atomic mass is 9.98. The third-order valence-electron chi connectivity index (χ3n) is 5.29. The first kappa shape index (κ1) is 23.9. The van der Waals surface area contributed by atoms with E-state index in [1.807, 2.05) is 38.1 Å². The number of benzene rings is 1. The van der Waals surface area contributed by atoms with Crippen molar-refractivity contribution in [1.82, 2.24) is 15.6 Å². The molecule has 0 fully saturated rings. The van der Waals surface area contributed by atoms with E-state index in [9.17, 15) is 24.3 Å². The number of carbonyl (C=O) groups is 4. The second-order valence-corrected chi connectivity index (χ2v) is 7.53. The van der Waals surface area contributed by atoms with Crippen molar-refractivity contribution < 1.29 is 29.4 Å². The standard InChI is InChI=1S/C21H28N4O6/c1-3-11(2)18(22)20(29)24-15(19(28)25-16(21(30)31)9-17(26)27)8-12-10-23-14-7-5-4-6-13(12)14/h4-7,10-11,15-16,18,23H,3,8-9,22H2,1-2H3,(H,24,29)(H,25,28)(H,26,27)(H,30,31)/t11-,15-,16-,18-/m0/s1. The topological polar surface area (TPSA) is 175 Å². The largest absolute Gasteiger partial charge is 0.481 e. The van der Waals surface area contributed by atoms with Crippen molar-refractivity contribution in [2.24, 2.45) is 11.7 Å². The van der Waals surface area contributed by atoms with E-state index < -0.39 is 48.3 Å². The minimum absolute atomic E-state index is 0.0637. The number of amides is 2. The minimum atomic E-state index is -1.63. The normalized spacial score (nSPS) is 14.9. The van der Waals surface area contributed by atoms with Crippen molar-refractivity contribution in [1.29, 1.82) is 0 Å². The molecular weight excluding hydrogens is 404 g/mol. The van der Waals surface area contributed by atoms with Crippen molar-refractivity contribution >= 4 is 34.7 Å².